The fourth-order valence-electron chi connectivity index (χ4n) is 4.14. The number of aromatic nitrogens is 3. The Balaban J connectivity index is 1.71. The summed E-state index contributed by atoms with van der Waals surface area (Å²) in [6.07, 6.45) is 0. The third-order valence-electron chi connectivity index (χ3n) is 5.57. The molecule has 1 atom stereocenters. The van der Waals surface area contributed by atoms with Crippen molar-refractivity contribution in [1.29, 1.82) is 0 Å². The molecule has 6 nitrogen and oxygen atoms in total. The van der Waals surface area contributed by atoms with Crippen molar-refractivity contribution in [3.05, 3.63) is 80.7 Å². The molecule has 4 aromatic rings. The summed E-state index contributed by atoms with van der Waals surface area (Å²) in [5, 5.41) is 4.62. The molecule has 1 aliphatic rings. The van der Waals surface area contributed by atoms with Crippen LogP contribution in [0, 0.1) is 0 Å². The van der Waals surface area contributed by atoms with Crippen LogP contribution >= 0.6 is 22.9 Å². The highest BCUT2D eigenvalue weighted by atomic mass is 35.5. The second-order valence-corrected chi connectivity index (χ2v) is 8.82. The molecule has 2 aromatic heterocycles. The van der Waals surface area contributed by atoms with E-state index < -0.39 is 0 Å². The van der Waals surface area contributed by atoms with Crippen LogP contribution in [0.2, 0.25) is 5.02 Å². The predicted octanol–water partition coefficient (Wildman–Crippen LogP) is 3.43. The zero-order valence-corrected chi connectivity index (χ0v) is 18.2. The lowest BCUT2D eigenvalue weighted by atomic mass is 10.1. The summed E-state index contributed by atoms with van der Waals surface area (Å²) in [4.78, 5) is 20.5. The van der Waals surface area contributed by atoms with Gasteiger partial charge in [0, 0.05) is 33.2 Å². The highest BCUT2D eigenvalue weighted by Crippen LogP contribution is 2.37. The lowest BCUT2D eigenvalue weighted by Crippen LogP contribution is -2.46. The van der Waals surface area contributed by atoms with Gasteiger partial charge in [-0.3, -0.25) is 14.4 Å². The molecular weight excluding hydrogens is 418 g/mol. The smallest absolute Gasteiger partial charge is 0.290 e. The number of hydrogen-bond donors (Lipinski definition) is 1. The maximum Gasteiger partial charge on any atom is 0.290 e. The monoisotopic (exact) mass is 439 g/mol. The van der Waals surface area contributed by atoms with Gasteiger partial charge < -0.3 is 5.32 Å². The molecule has 8 heteroatoms. The summed E-state index contributed by atoms with van der Waals surface area (Å²) in [5.41, 5.74) is 2.34. The Morgan fingerprint density at radius 2 is 1.77 bits per heavy atom. The van der Waals surface area contributed by atoms with Crippen LogP contribution < -0.4 is 10.9 Å². The van der Waals surface area contributed by atoms with Gasteiger partial charge in [-0.1, -0.05) is 41.9 Å². The minimum atomic E-state index is -0.207. The molecule has 1 saturated heterocycles. The standard InChI is InChI=1S/C22H22ClN5OS/c1-26-19(18(23)22(29)28(26)15-7-3-2-4-8-15)20(27-13-11-24-12-14-27)21-25-16-9-5-6-10-17(16)30-21/h2-10,20,24H,11-14H2,1H3. The number of hydrogen-bond acceptors (Lipinski definition) is 5. The largest absolute Gasteiger partial charge is 0.314 e. The Morgan fingerprint density at radius 3 is 2.50 bits per heavy atom. The van der Waals surface area contributed by atoms with E-state index >= 15 is 0 Å². The van der Waals surface area contributed by atoms with Crippen molar-refractivity contribution >= 4 is 33.2 Å². The molecule has 0 aliphatic carbocycles. The molecule has 3 heterocycles. The first kappa shape index (κ1) is 19.5. The molecule has 0 saturated carbocycles. The van der Waals surface area contributed by atoms with Gasteiger partial charge in [0.05, 0.1) is 21.6 Å². The third kappa shape index (κ3) is 3.28. The molecule has 2 aromatic carbocycles. The molecule has 154 valence electrons. The van der Waals surface area contributed by atoms with Crippen LogP contribution in [0.1, 0.15) is 16.7 Å². The molecular formula is C22H22ClN5OS. The first-order valence-electron chi connectivity index (χ1n) is 9.98. The van der Waals surface area contributed by atoms with E-state index in [1.807, 2.05) is 60.3 Å². The number of thiazole rings is 1. The fourth-order valence-corrected chi connectivity index (χ4v) is 5.55. The Kier molecular flexibility index (Phi) is 5.20. The average Bonchev–Trinajstić information content (AvgIpc) is 3.30. The van der Waals surface area contributed by atoms with Crippen molar-refractivity contribution in [3.63, 3.8) is 0 Å². The lowest BCUT2D eigenvalue weighted by Gasteiger charge is -2.34. The Hall–Kier alpha value is -2.45. The molecule has 0 bridgehead atoms. The van der Waals surface area contributed by atoms with Gasteiger partial charge >= 0.3 is 0 Å². The number of fused-ring (bicyclic) bond motifs is 1. The van der Waals surface area contributed by atoms with E-state index in [2.05, 4.69) is 16.3 Å². The van der Waals surface area contributed by atoms with Gasteiger partial charge in [0.1, 0.15) is 16.1 Å². The lowest BCUT2D eigenvalue weighted by molar-refractivity contribution is 0.191. The number of nitrogens with zero attached hydrogens (tertiary/aromatic N) is 4. The van der Waals surface area contributed by atoms with E-state index in [4.69, 9.17) is 16.6 Å². The zero-order chi connectivity index (χ0) is 20.7. The summed E-state index contributed by atoms with van der Waals surface area (Å²) in [6.45, 7) is 3.52. The quantitative estimate of drug-likeness (QED) is 0.529. The van der Waals surface area contributed by atoms with Crippen LogP contribution in [-0.2, 0) is 7.05 Å². The number of para-hydroxylation sites is 2. The van der Waals surface area contributed by atoms with Crippen LogP contribution in [0.4, 0.5) is 0 Å². The van der Waals surface area contributed by atoms with Crippen molar-refractivity contribution in [2.45, 2.75) is 6.04 Å². The van der Waals surface area contributed by atoms with E-state index in [0.29, 0.717) is 0 Å². The minimum absolute atomic E-state index is 0.181. The van der Waals surface area contributed by atoms with Crippen LogP contribution in [0.3, 0.4) is 0 Å². The molecule has 5 rings (SSSR count). The summed E-state index contributed by atoms with van der Waals surface area (Å²) in [7, 11) is 1.90. The van der Waals surface area contributed by atoms with Crippen molar-refractivity contribution in [2.24, 2.45) is 7.05 Å². The maximum atomic E-state index is 13.2. The summed E-state index contributed by atoms with van der Waals surface area (Å²) >= 11 is 8.38. The normalized spacial score (nSPS) is 16.2. The third-order valence-corrected chi connectivity index (χ3v) is 7.02. The number of halogens is 1. The molecule has 0 amide bonds. The molecule has 1 aliphatic heterocycles. The summed E-state index contributed by atoms with van der Waals surface area (Å²) in [6, 6.07) is 17.6. The molecule has 30 heavy (non-hydrogen) atoms. The van der Waals surface area contributed by atoms with E-state index in [9.17, 15) is 4.79 Å². The second kappa shape index (κ2) is 8.00. The van der Waals surface area contributed by atoms with Crippen LogP contribution in [-0.4, -0.2) is 45.4 Å². The molecule has 1 fully saturated rings. The molecule has 1 N–H and O–H groups in total. The van der Waals surface area contributed by atoms with Crippen LogP contribution in [0.25, 0.3) is 15.9 Å². The minimum Gasteiger partial charge on any atom is -0.314 e. The highest BCUT2D eigenvalue weighted by Gasteiger charge is 2.33. The maximum absolute atomic E-state index is 13.2. The second-order valence-electron chi connectivity index (χ2n) is 7.38. The molecule has 0 spiro atoms. The summed E-state index contributed by atoms with van der Waals surface area (Å²) < 4.78 is 4.66. The van der Waals surface area contributed by atoms with Gasteiger partial charge in [-0.05, 0) is 24.3 Å². The molecule has 1 unspecified atom stereocenters. The predicted molar refractivity (Wildman–Crippen MR) is 122 cm³/mol. The van der Waals surface area contributed by atoms with Crippen molar-refractivity contribution in [2.75, 3.05) is 26.2 Å². The van der Waals surface area contributed by atoms with Gasteiger partial charge in [-0.15, -0.1) is 11.3 Å². The van der Waals surface area contributed by atoms with E-state index in [0.717, 1.165) is 52.8 Å². The van der Waals surface area contributed by atoms with Crippen LogP contribution in [0.5, 0.6) is 0 Å². The SMILES string of the molecule is Cn1c(C(c2nc3ccccc3s2)N2CCNCC2)c(Cl)c(=O)n1-c1ccccc1. The Labute approximate surface area is 183 Å². The van der Waals surface area contributed by atoms with Crippen molar-refractivity contribution < 1.29 is 0 Å². The van der Waals surface area contributed by atoms with Gasteiger partial charge in [0.2, 0.25) is 0 Å². The van der Waals surface area contributed by atoms with Crippen molar-refractivity contribution in [1.82, 2.24) is 24.6 Å². The number of nitrogens with one attached hydrogen (secondary N) is 1. The van der Waals surface area contributed by atoms with Gasteiger partial charge in [-0.2, -0.15) is 0 Å². The zero-order valence-electron chi connectivity index (χ0n) is 16.6. The van der Waals surface area contributed by atoms with E-state index in [1.54, 1.807) is 16.0 Å². The van der Waals surface area contributed by atoms with Gasteiger partial charge in [0.25, 0.3) is 5.56 Å². The number of benzene rings is 2. The van der Waals surface area contributed by atoms with Crippen molar-refractivity contribution in [3.8, 4) is 5.69 Å². The molecule has 0 radical (unpaired) electrons. The number of piperazine rings is 1. The highest BCUT2D eigenvalue weighted by molar-refractivity contribution is 7.18. The van der Waals surface area contributed by atoms with E-state index in [1.165, 1.54) is 0 Å². The average molecular weight is 440 g/mol. The number of rotatable bonds is 4. The van der Waals surface area contributed by atoms with Gasteiger partial charge in [0.15, 0.2) is 0 Å². The van der Waals surface area contributed by atoms with Crippen LogP contribution in [0.15, 0.2) is 59.4 Å². The topological polar surface area (TPSA) is 55.1 Å². The first-order chi connectivity index (χ1) is 14.6. The van der Waals surface area contributed by atoms with E-state index in [-0.39, 0.29) is 16.6 Å². The first-order valence-corrected chi connectivity index (χ1v) is 11.2. The Bertz CT molecular complexity index is 1210. The Morgan fingerprint density at radius 1 is 1.07 bits per heavy atom. The fraction of sp³-hybridized carbons (Fsp3) is 0.273. The summed E-state index contributed by atoms with van der Waals surface area (Å²) in [5.74, 6) is 0. The van der Waals surface area contributed by atoms with Gasteiger partial charge in [-0.25, -0.2) is 9.67 Å².